The number of carboxylic acids is 1. The number of rotatable bonds is 4. The molecule has 0 atom stereocenters. The van der Waals surface area contributed by atoms with Gasteiger partial charge in [-0.2, -0.15) is 0 Å². The van der Waals surface area contributed by atoms with Crippen molar-refractivity contribution in [3.63, 3.8) is 0 Å². The summed E-state index contributed by atoms with van der Waals surface area (Å²) in [5.74, 6) is -1.78. The molecule has 1 aromatic carbocycles. The summed E-state index contributed by atoms with van der Waals surface area (Å²) in [4.78, 5) is 40.2. The number of hydrogen-bond acceptors (Lipinski definition) is 6. The molecule has 0 saturated carbocycles. The van der Waals surface area contributed by atoms with Crippen molar-refractivity contribution in [2.45, 2.75) is 0 Å². The molecule has 1 aromatic rings. The summed E-state index contributed by atoms with van der Waals surface area (Å²) < 4.78 is 0. The lowest BCUT2D eigenvalue weighted by Crippen LogP contribution is -2.09. The van der Waals surface area contributed by atoms with Gasteiger partial charge in [-0.3, -0.25) is 25.0 Å². The summed E-state index contributed by atoms with van der Waals surface area (Å²) in [5.41, 5.74) is -3.65. The van der Waals surface area contributed by atoms with Crippen LogP contribution in [0.1, 0.15) is 20.7 Å². The first-order chi connectivity index (χ1) is 7.90. The molecule has 88 valence electrons. The third-order valence-electron chi connectivity index (χ3n) is 1.91. The van der Waals surface area contributed by atoms with Crippen molar-refractivity contribution in [1.29, 1.82) is 0 Å². The van der Waals surface area contributed by atoms with Crippen LogP contribution in [-0.4, -0.2) is 27.2 Å². The summed E-state index contributed by atoms with van der Waals surface area (Å²) in [6.45, 7) is 0. The summed E-state index contributed by atoms with van der Waals surface area (Å²) in [7, 11) is 0. The minimum atomic E-state index is -1.78. The second kappa shape index (κ2) is 4.35. The summed E-state index contributed by atoms with van der Waals surface area (Å²) in [6.07, 6.45) is 0.0835. The lowest BCUT2D eigenvalue weighted by atomic mass is 10.1. The minimum absolute atomic E-state index is 0.0835. The summed E-state index contributed by atoms with van der Waals surface area (Å²) in [6, 6.07) is 1.57. The maximum atomic E-state index is 10.8. The second-order valence-corrected chi connectivity index (χ2v) is 2.83. The van der Waals surface area contributed by atoms with Gasteiger partial charge in [-0.25, -0.2) is 4.79 Å². The first kappa shape index (κ1) is 12.2. The van der Waals surface area contributed by atoms with Gasteiger partial charge in [-0.05, 0) is 6.07 Å². The Balaban J connectivity index is 3.77. The number of hydrogen-bond donors (Lipinski definition) is 1. The fourth-order valence-electron chi connectivity index (χ4n) is 1.25. The van der Waals surface area contributed by atoms with Crippen molar-refractivity contribution in [2.75, 3.05) is 0 Å². The van der Waals surface area contributed by atoms with E-state index in [0.717, 1.165) is 6.07 Å². The molecule has 17 heavy (non-hydrogen) atoms. The number of nitrogens with zero attached hydrogens (tertiary/aromatic N) is 2. The van der Waals surface area contributed by atoms with E-state index in [2.05, 4.69) is 0 Å². The van der Waals surface area contributed by atoms with Gasteiger partial charge in [0.05, 0.1) is 9.85 Å². The van der Waals surface area contributed by atoms with Crippen molar-refractivity contribution in [3.8, 4) is 0 Å². The monoisotopic (exact) mass is 240 g/mol. The highest BCUT2D eigenvalue weighted by molar-refractivity contribution is 6.02. The molecule has 0 aliphatic rings. The van der Waals surface area contributed by atoms with Gasteiger partial charge in [0.1, 0.15) is 0 Å². The zero-order valence-corrected chi connectivity index (χ0v) is 8.02. The van der Waals surface area contributed by atoms with Crippen LogP contribution in [0.5, 0.6) is 0 Å². The van der Waals surface area contributed by atoms with E-state index in [1.165, 1.54) is 0 Å². The Hall–Kier alpha value is -2.84. The zero-order chi connectivity index (χ0) is 13.2. The number of carbonyl (C=O) groups is 2. The molecule has 9 nitrogen and oxygen atoms in total. The molecule has 0 fully saturated rings. The van der Waals surface area contributed by atoms with Crippen molar-refractivity contribution in [3.05, 3.63) is 43.5 Å². The summed E-state index contributed by atoms with van der Waals surface area (Å²) in [5, 5.41) is 29.9. The van der Waals surface area contributed by atoms with Gasteiger partial charge in [0, 0.05) is 11.6 Å². The molecule has 0 amide bonds. The Labute approximate surface area is 92.6 Å². The van der Waals surface area contributed by atoms with Crippen LogP contribution in [0.4, 0.5) is 11.4 Å². The molecular formula is C8H4N2O7. The number of nitro benzene ring substituents is 2. The first-order valence-electron chi connectivity index (χ1n) is 4.04. The van der Waals surface area contributed by atoms with E-state index in [1.54, 1.807) is 0 Å². The minimum Gasteiger partial charge on any atom is -0.477 e. The first-order valence-corrected chi connectivity index (χ1v) is 4.04. The average molecular weight is 240 g/mol. The van der Waals surface area contributed by atoms with Gasteiger partial charge in [-0.15, -0.1) is 0 Å². The molecule has 1 rings (SSSR count). The van der Waals surface area contributed by atoms with Crippen LogP contribution in [0.15, 0.2) is 12.1 Å². The third-order valence-corrected chi connectivity index (χ3v) is 1.91. The van der Waals surface area contributed by atoms with Gasteiger partial charge in [0.15, 0.2) is 11.8 Å². The highest BCUT2D eigenvalue weighted by Gasteiger charge is 2.34. The maximum Gasteiger partial charge on any atom is 0.361 e. The van der Waals surface area contributed by atoms with Crippen molar-refractivity contribution in [2.24, 2.45) is 0 Å². The Morgan fingerprint density at radius 1 is 1.24 bits per heavy atom. The van der Waals surface area contributed by atoms with Crippen LogP contribution < -0.4 is 0 Å². The molecule has 0 aliphatic heterocycles. The number of carbonyl (C=O) groups excluding carboxylic acids is 1. The fourth-order valence-corrected chi connectivity index (χ4v) is 1.25. The summed E-state index contributed by atoms with van der Waals surface area (Å²) >= 11 is 0. The molecule has 0 bridgehead atoms. The van der Waals surface area contributed by atoms with Crippen LogP contribution >= 0.6 is 0 Å². The Morgan fingerprint density at radius 2 is 1.82 bits per heavy atom. The standard InChI is InChI=1S/C8H4N2O7/c11-3-4-1-2-5(9(14)15)7(10(16)17)6(4)8(12)13/h1-3H,(H,12,13). The van der Waals surface area contributed by atoms with E-state index < -0.39 is 38.3 Å². The molecule has 0 unspecified atom stereocenters. The SMILES string of the molecule is O=Cc1ccc([N+](=O)[O-])c([N+](=O)[O-])c1C(=O)O. The number of aldehydes is 1. The van der Waals surface area contributed by atoms with Crippen molar-refractivity contribution >= 4 is 23.6 Å². The van der Waals surface area contributed by atoms with Crippen LogP contribution in [0.25, 0.3) is 0 Å². The number of aromatic carboxylic acids is 1. The predicted molar refractivity (Wildman–Crippen MR) is 52.1 cm³/mol. The van der Waals surface area contributed by atoms with E-state index >= 15 is 0 Å². The Bertz CT molecular complexity index is 537. The lowest BCUT2D eigenvalue weighted by Gasteiger charge is -2.01. The van der Waals surface area contributed by atoms with Gasteiger partial charge < -0.3 is 5.11 Å². The highest BCUT2D eigenvalue weighted by Crippen LogP contribution is 2.32. The molecule has 0 heterocycles. The molecular weight excluding hydrogens is 236 g/mol. The van der Waals surface area contributed by atoms with E-state index in [4.69, 9.17) is 5.11 Å². The Morgan fingerprint density at radius 3 is 2.18 bits per heavy atom. The predicted octanol–water partition coefficient (Wildman–Crippen LogP) is 1.01. The van der Waals surface area contributed by atoms with Gasteiger partial charge in [0.2, 0.25) is 0 Å². The van der Waals surface area contributed by atoms with Crippen LogP contribution in [0.3, 0.4) is 0 Å². The quantitative estimate of drug-likeness (QED) is 0.470. The van der Waals surface area contributed by atoms with E-state index in [9.17, 15) is 29.8 Å². The van der Waals surface area contributed by atoms with Crippen LogP contribution in [0, 0.1) is 20.2 Å². The number of carboxylic acid groups (broad SMARTS) is 1. The molecule has 0 aliphatic carbocycles. The molecule has 9 heteroatoms. The van der Waals surface area contributed by atoms with Crippen LogP contribution in [-0.2, 0) is 0 Å². The van der Waals surface area contributed by atoms with Crippen LogP contribution in [0.2, 0.25) is 0 Å². The second-order valence-electron chi connectivity index (χ2n) is 2.83. The number of benzene rings is 1. The largest absolute Gasteiger partial charge is 0.477 e. The topological polar surface area (TPSA) is 141 Å². The van der Waals surface area contributed by atoms with Gasteiger partial charge in [-0.1, -0.05) is 0 Å². The van der Waals surface area contributed by atoms with Crippen molar-refractivity contribution < 1.29 is 24.5 Å². The van der Waals surface area contributed by atoms with E-state index in [0.29, 0.717) is 6.07 Å². The Kier molecular flexibility index (Phi) is 3.13. The molecule has 0 radical (unpaired) electrons. The lowest BCUT2D eigenvalue weighted by molar-refractivity contribution is -0.422. The van der Waals surface area contributed by atoms with E-state index in [-0.39, 0.29) is 6.29 Å². The number of nitro groups is 2. The highest BCUT2D eigenvalue weighted by atomic mass is 16.6. The molecule has 0 aromatic heterocycles. The fraction of sp³-hybridized carbons (Fsp3) is 0. The van der Waals surface area contributed by atoms with Gasteiger partial charge >= 0.3 is 17.3 Å². The van der Waals surface area contributed by atoms with E-state index in [1.807, 2.05) is 0 Å². The van der Waals surface area contributed by atoms with Crippen molar-refractivity contribution in [1.82, 2.24) is 0 Å². The van der Waals surface area contributed by atoms with Gasteiger partial charge in [0.25, 0.3) is 0 Å². The third kappa shape index (κ3) is 2.07. The zero-order valence-electron chi connectivity index (χ0n) is 8.02. The average Bonchev–Trinajstić information content (AvgIpc) is 2.26. The normalized spacial score (nSPS) is 9.65. The molecule has 1 N–H and O–H groups in total. The molecule has 0 saturated heterocycles. The smallest absolute Gasteiger partial charge is 0.361 e. The maximum absolute atomic E-state index is 10.8. The molecule has 0 spiro atoms.